The maximum Gasteiger partial charge on any atom is 0.0418 e. The molecule has 98 valence electrons. The van der Waals surface area contributed by atoms with Gasteiger partial charge in [0.05, 0.1) is 0 Å². The van der Waals surface area contributed by atoms with Gasteiger partial charge in [-0.3, -0.25) is 0 Å². The predicted octanol–water partition coefficient (Wildman–Crippen LogP) is 4.79. The summed E-state index contributed by atoms with van der Waals surface area (Å²) in [7, 11) is 0. The number of thiophene rings is 2. The van der Waals surface area contributed by atoms with Gasteiger partial charge < -0.3 is 5.32 Å². The molecule has 0 saturated carbocycles. The number of hydrogen-bond acceptors (Lipinski definition) is 3. The Labute approximate surface area is 118 Å². The normalized spacial score (nSPS) is 12.8. The van der Waals surface area contributed by atoms with E-state index in [9.17, 15) is 0 Å². The second-order valence-corrected chi connectivity index (χ2v) is 6.92. The van der Waals surface area contributed by atoms with Crippen molar-refractivity contribution in [1.82, 2.24) is 5.32 Å². The first-order chi connectivity index (χ1) is 8.79. The first-order valence-corrected chi connectivity index (χ1v) is 8.31. The molecule has 0 aliphatic rings. The molecule has 0 amide bonds. The molecule has 2 rings (SSSR count). The summed E-state index contributed by atoms with van der Waals surface area (Å²) >= 11 is 3.79. The van der Waals surface area contributed by atoms with Crippen molar-refractivity contribution in [1.29, 1.82) is 0 Å². The Hall–Kier alpha value is -0.640. The maximum atomic E-state index is 3.68. The van der Waals surface area contributed by atoms with Gasteiger partial charge >= 0.3 is 0 Å². The van der Waals surface area contributed by atoms with E-state index in [0.29, 0.717) is 6.04 Å². The molecule has 0 aliphatic heterocycles. The zero-order valence-electron chi connectivity index (χ0n) is 11.1. The largest absolute Gasteiger partial charge is 0.309 e. The number of rotatable bonds is 7. The van der Waals surface area contributed by atoms with Crippen LogP contribution in [-0.2, 0) is 6.42 Å². The quantitative estimate of drug-likeness (QED) is 0.768. The second-order valence-electron chi connectivity index (χ2n) is 4.57. The lowest BCUT2D eigenvalue weighted by Gasteiger charge is -2.16. The predicted molar refractivity (Wildman–Crippen MR) is 82.7 cm³/mol. The maximum absolute atomic E-state index is 3.68. The van der Waals surface area contributed by atoms with Crippen molar-refractivity contribution in [2.45, 2.75) is 39.2 Å². The molecule has 0 fully saturated rings. The minimum Gasteiger partial charge on any atom is -0.309 e. The first-order valence-electron chi connectivity index (χ1n) is 6.61. The van der Waals surface area contributed by atoms with Gasteiger partial charge in [0.25, 0.3) is 0 Å². The van der Waals surface area contributed by atoms with Gasteiger partial charge in [-0.15, -0.1) is 22.7 Å². The third-order valence-electron chi connectivity index (χ3n) is 3.00. The molecule has 1 atom stereocenters. The molecule has 0 radical (unpaired) electrons. The highest BCUT2D eigenvalue weighted by Gasteiger charge is 2.12. The summed E-state index contributed by atoms with van der Waals surface area (Å²) in [6, 6.07) is 9.41. The summed E-state index contributed by atoms with van der Waals surface area (Å²) in [6.07, 6.45) is 3.57. The average molecular weight is 279 g/mol. The van der Waals surface area contributed by atoms with Crippen molar-refractivity contribution in [3.63, 3.8) is 0 Å². The molecule has 1 N–H and O–H groups in total. The molecule has 3 heteroatoms. The second kappa shape index (κ2) is 7.07. The Bertz CT molecular complexity index is 445. The average Bonchev–Trinajstić information content (AvgIpc) is 3.01. The van der Waals surface area contributed by atoms with Gasteiger partial charge in [-0.1, -0.05) is 13.0 Å². The van der Waals surface area contributed by atoms with Crippen LogP contribution in [0.3, 0.4) is 0 Å². The van der Waals surface area contributed by atoms with Crippen molar-refractivity contribution in [2.24, 2.45) is 0 Å². The fourth-order valence-electron chi connectivity index (χ4n) is 2.05. The van der Waals surface area contributed by atoms with E-state index in [1.165, 1.54) is 33.9 Å². The van der Waals surface area contributed by atoms with E-state index in [0.717, 1.165) is 6.54 Å². The standard InChI is InChI=1S/C15H21NS2/c1-3-10-16-14(15-9-6-12(2)18-15)8-7-13-5-4-11-17-13/h4-6,9,11,14,16H,3,7-8,10H2,1-2H3. The van der Waals surface area contributed by atoms with E-state index in [-0.39, 0.29) is 0 Å². The monoisotopic (exact) mass is 279 g/mol. The van der Waals surface area contributed by atoms with E-state index in [1.54, 1.807) is 0 Å². The molecule has 1 nitrogen and oxygen atoms in total. The van der Waals surface area contributed by atoms with E-state index in [1.807, 2.05) is 22.7 Å². The van der Waals surface area contributed by atoms with E-state index >= 15 is 0 Å². The molecule has 2 aromatic heterocycles. The molecule has 18 heavy (non-hydrogen) atoms. The van der Waals surface area contributed by atoms with Crippen molar-refractivity contribution < 1.29 is 0 Å². The van der Waals surface area contributed by atoms with Crippen molar-refractivity contribution >= 4 is 22.7 Å². The molecule has 0 aliphatic carbocycles. The van der Waals surface area contributed by atoms with Gasteiger partial charge in [0, 0.05) is 20.7 Å². The van der Waals surface area contributed by atoms with Crippen molar-refractivity contribution in [3.05, 3.63) is 44.3 Å². The van der Waals surface area contributed by atoms with Gasteiger partial charge in [0.2, 0.25) is 0 Å². The van der Waals surface area contributed by atoms with Crippen LogP contribution in [0.4, 0.5) is 0 Å². The third-order valence-corrected chi connectivity index (χ3v) is 5.06. The van der Waals surface area contributed by atoms with E-state index in [4.69, 9.17) is 0 Å². The van der Waals surface area contributed by atoms with Gasteiger partial charge in [-0.25, -0.2) is 0 Å². The van der Waals surface area contributed by atoms with Crippen LogP contribution >= 0.6 is 22.7 Å². The van der Waals surface area contributed by atoms with E-state index in [2.05, 4.69) is 48.8 Å². The Balaban J connectivity index is 1.96. The molecule has 0 aromatic carbocycles. The van der Waals surface area contributed by atoms with Gasteiger partial charge in [0.15, 0.2) is 0 Å². The zero-order chi connectivity index (χ0) is 12.8. The summed E-state index contributed by atoms with van der Waals surface area (Å²) in [5.41, 5.74) is 0. The fraction of sp³-hybridized carbons (Fsp3) is 0.467. The Morgan fingerprint density at radius 1 is 1.28 bits per heavy atom. The molecular formula is C15H21NS2. The van der Waals surface area contributed by atoms with Crippen molar-refractivity contribution in [2.75, 3.05) is 6.54 Å². The van der Waals surface area contributed by atoms with Crippen LogP contribution in [0.5, 0.6) is 0 Å². The summed E-state index contributed by atoms with van der Waals surface area (Å²) in [6.45, 7) is 5.51. The first kappa shape index (κ1) is 13.8. The highest BCUT2D eigenvalue weighted by atomic mass is 32.1. The van der Waals surface area contributed by atoms with Crippen molar-refractivity contribution in [3.8, 4) is 0 Å². The van der Waals surface area contributed by atoms with Gasteiger partial charge in [-0.05, 0) is 56.3 Å². The zero-order valence-corrected chi connectivity index (χ0v) is 12.7. The highest BCUT2D eigenvalue weighted by Crippen LogP contribution is 2.27. The molecule has 0 saturated heterocycles. The minimum atomic E-state index is 0.519. The lowest BCUT2D eigenvalue weighted by Crippen LogP contribution is -2.21. The smallest absolute Gasteiger partial charge is 0.0418 e. The topological polar surface area (TPSA) is 12.0 Å². The van der Waals surface area contributed by atoms with Gasteiger partial charge in [0.1, 0.15) is 0 Å². The molecular weight excluding hydrogens is 258 g/mol. The number of aryl methyl sites for hydroxylation is 2. The fourth-order valence-corrected chi connectivity index (χ4v) is 3.76. The number of hydrogen-bond donors (Lipinski definition) is 1. The summed E-state index contributed by atoms with van der Waals surface area (Å²) < 4.78 is 0. The van der Waals surface area contributed by atoms with Gasteiger partial charge in [-0.2, -0.15) is 0 Å². The Morgan fingerprint density at radius 3 is 2.78 bits per heavy atom. The van der Waals surface area contributed by atoms with Crippen LogP contribution in [0.1, 0.15) is 40.4 Å². The van der Waals surface area contributed by atoms with Crippen LogP contribution in [0.2, 0.25) is 0 Å². The van der Waals surface area contributed by atoms with Crippen LogP contribution in [0.25, 0.3) is 0 Å². The minimum absolute atomic E-state index is 0.519. The SMILES string of the molecule is CCCNC(CCc1cccs1)c1ccc(C)s1. The lowest BCUT2D eigenvalue weighted by atomic mass is 10.1. The number of nitrogens with one attached hydrogen (secondary N) is 1. The summed E-state index contributed by atoms with van der Waals surface area (Å²) in [4.78, 5) is 4.38. The molecule has 2 heterocycles. The third kappa shape index (κ3) is 3.94. The summed E-state index contributed by atoms with van der Waals surface area (Å²) in [5.74, 6) is 0. The molecule has 2 aromatic rings. The Kier molecular flexibility index (Phi) is 5.42. The van der Waals surface area contributed by atoms with Crippen LogP contribution in [0, 0.1) is 6.92 Å². The highest BCUT2D eigenvalue weighted by molar-refractivity contribution is 7.12. The molecule has 0 bridgehead atoms. The van der Waals surface area contributed by atoms with Crippen LogP contribution < -0.4 is 5.32 Å². The lowest BCUT2D eigenvalue weighted by molar-refractivity contribution is 0.507. The summed E-state index contributed by atoms with van der Waals surface area (Å²) in [5, 5.41) is 5.84. The van der Waals surface area contributed by atoms with E-state index < -0.39 is 0 Å². The van der Waals surface area contributed by atoms with Crippen LogP contribution in [0.15, 0.2) is 29.6 Å². The Morgan fingerprint density at radius 2 is 2.17 bits per heavy atom. The molecule has 1 unspecified atom stereocenters. The molecule has 0 spiro atoms. The van der Waals surface area contributed by atoms with Crippen LogP contribution in [-0.4, -0.2) is 6.54 Å².